The lowest BCUT2D eigenvalue weighted by molar-refractivity contribution is 0.0853. The third kappa shape index (κ3) is 12.0. The number of carbonyl (C=O) groups excluding carboxylic acids is 2. The van der Waals surface area contributed by atoms with Gasteiger partial charge in [-0.15, -0.1) is 11.8 Å². The number of halogens is 2. The first kappa shape index (κ1) is 66.6. The number of anilines is 3. The minimum absolute atomic E-state index is 0.0690. The summed E-state index contributed by atoms with van der Waals surface area (Å²) in [7, 11) is 2.12. The van der Waals surface area contributed by atoms with Crippen LogP contribution in [0.4, 0.5) is 26.4 Å². The quantitative estimate of drug-likeness (QED) is 0.0833. The van der Waals surface area contributed by atoms with Gasteiger partial charge in [0.15, 0.2) is 17.3 Å². The van der Waals surface area contributed by atoms with Crippen LogP contribution in [0.5, 0.6) is 0 Å². The molecule has 0 radical (unpaired) electrons. The van der Waals surface area contributed by atoms with Gasteiger partial charge in [-0.3, -0.25) is 57.1 Å². The van der Waals surface area contributed by atoms with Crippen molar-refractivity contribution in [1.29, 1.82) is 0 Å². The number of nitrogens with one attached hydrogen (secondary N) is 1. The van der Waals surface area contributed by atoms with Crippen molar-refractivity contribution in [3.63, 3.8) is 0 Å². The van der Waals surface area contributed by atoms with Crippen LogP contribution in [-0.2, 0) is 30.4 Å². The minimum atomic E-state index is -1.42. The highest BCUT2D eigenvalue weighted by Crippen LogP contribution is 2.47. The van der Waals surface area contributed by atoms with Gasteiger partial charge in [-0.2, -0.15) is 29.1 Å². The number of nitrogens with zero attached hydrogens (tertiary/aromatic N) is 18. The first-order valence-corrected chi connectivity index (χ1v) is 38.5. The highest BCUT2D eigenvalue weighted by molar-refractivity contribution is 7.99. The van der Waals surface area contributed by atoms with Gasteiger partial charge >= 0.3 is 0 Å². The van der Waals surface area contributed by atoms with Gasteiger partial charge in [0.2, 0.25) is 29.8 Å². The summed E-state index contributed by atoms with van der Waals surface area (Å²) < 4.78 is 47.4. The number of thioether (sulfide) groups is 1. The number of pyridine rings is 4. The largest absolute Gasteiger partial charge is 0.351 e. The van der Waals surface area contributed by atoms with Crippen LogP contribution >= 0.6 is 23.5 Å². The first-order chi connectivity index (χ1) is 50.6. The van der Waals surface area contributed by atoms with Crippen molar-refractivity contribution in [1.82, 2.24) is 68.6 Å². The number of benzene rings is 3. The molecule has 13 heterocycles. The normalized spacial score (nSPS) is 20.3. The Kier molecular flexibility index (Phi) is 17.5. The standard InChI is InChI=1S/C29H27N7OS.C24H23FN6O2S.C23H21FN6OS/c1-18-7-5-8-21(31-18)20-14-12-19(13-15-20)17-35-28(38-24-11-3-4-16-30-24)25-26(33-35)36-23-10-6-9-22(23)32-29(36)34(2)27(25)37;1-29-22(32)20-21(31-18-7-3-6-17(18)27-24(29)31)28-30(23(20)34(2)33)13-14-9-11-15(12-10-14)16-5-4-8-19(25)26-16;1-32-22-19-20(30-17-6-2-5-16(17)26-23(30)27-21(19)31)28-29(22)12-13-8-10-14(11-9-13)15-4-3-7-18(24)25-15/h3-5,7-8,11-16,22-23H,6,9-10,17H2,1-2H3;4-5,8-12,17-18H,3,6-7,13H2,1-2H3;3-4,7-11,16-17H,2,5-6,12H2,1H3,(H,26,27,31)/t22-,23+;17-,18+,34-;16-,17+/m111/s1. The number of aliphatic imine (C=N–C) groups is 2. The van der Waals surface area contributed by atoms with Gasteiger partial charge in [0.1, 0.15) is 36.6 Å². The average Bonchev–Trinajstić information content (AvgIpc) is 1.58. The Labute approximate surface area is 608 Å². The Morgan fingerprint density at radius 1 is 0.548 bits per heavy atom. The molecule has 19 rings (SSSR count). The third-order valence-electron chi connectivity index (χ3n) is 20.7. The Morgan fingerprint density at radius 3 is 1.60 bits per heavy atom. The van der Waals surface area contributed by atoms with E-state index in [0.717, 1.165) is 129 Å². The van der Waals surface area contributed by atoms with Crippen molar-refractivity contribution >= 4 is 86.7 Å². The molecule has 3 aromatic carbocycles. The van der Waals surface area contributed by atoms with Crippen LogP contribution in [0.25, 0.3) is 44.8 Å². The molecule has 11 aromatic rings. The molecule has 3 saturated carbocycles. The van der Waals surface area contributed by atoms with E-state index >= 15 is 0 Å². The summed E-state index contributed by atoms with van der Waals surface area (Å²) in [5, 5.41) is 21.6. The Bertz CT molecular complexity index is 5380. The van der Waals surface area contributed by atoms with E-state index in [1.54, 1.807) is 58.2 Å². The molecular formula is C76H71F2N19O4S3. The maximum atomic E-state index is 13.7. The van der Waals surface area contributed by atoms with E-state index in [1.165, 1.54) is 35.7 Å². The molecule has 7 atom stereocenters. The second-order valence-electron chi connectivity index (χ2n) is 27.2. The topological polar surface area (TPSA) is 241 Å². The first-order valence-electron chi connectivity index (χ1n) is 34.9. The van der Waals surface area contributed by atoms with Crippen LogP contribution in [0.3, 0.4) is 0 Å². The zero-order valence-corrected chi connectivity index (χ0v) is 60.0. The van der Waals surface area contributed by atoms with Crippen molar-refractivity contribution in [2.45, 2.75) is 141 Å². The molecule has 1 N–H and O–H groups in total. The molecule has 0 unspecified atom stereocenters. The van der Waals surface area contributed by atoms with E-state index in [1.807, 2.05) is 115 Å². The average molecular weight is 1450 g/mol. The Hall–Kier alpha value is -10.6. The van der Waals surface area contributed by atoms with E-state index in [-0.39, 0.29) is 41.5 Å². The number of hydrogen-bond acceptors (Lipinski definition) is 19. The zero-order chi connectivity index (χ0) is 71.2. The number of hydrogen-bond donors (Lipinski definition) is 1. The van der Waals surface area contributed by atoms with Gasteiger partial charge in [0.05, 0.1) is 77.7 Å². The molecule has 0 bridgehead atoms. The molecule has 3 aliphatic carbocycles. The number of carbonyl (C=O) groups is 2. The summed E-state index contributed by atoms with van der Waals surface area (Å²) >= 11 is 3.00. The summed E-state index contributed by atoms with van der Waals surface area (Å²) in [4.78, 5) is 78.5. The van der Waals surface area contributed by atoms with Crippen molar-refractivity contribution < 1.29 is 22.6 Å². The third-order valence-corrected chi connectivity index (χ3v) is 23.5. The zero-order valence-electron chi connectivity index (χ0n) is 57.5. The second kappa shape index (κ2) is 27.2. The molecule has 23 nitrogen and oxygen atoms in total. The maximum Gasteiger partial charge on any atom is 0.286 e. The molecule has 5 aliphatic heterocycles. The maximum absolute atomic E-state index is 13.7. The Morgan fingerprint density at radius 2 is 1.06 bits per heavy atom. The van der Waals surface area contributed by atoms with Crippen LogP contribution in [0.15, 0.2) is 187 Å². The van der Waals surface area contributed by atoms with Crippen LogP contribution in [0.1, 0.15) is 107 Å². The monoisotopic (exact) mass is 1450 g/mol. The second-order valence-corrected chi connectivity index (χ2v) is 30.3. The number of rotatable bonds is 13. The number of fused-ring (bicyclic) bond motifs is 15. The van der Waals surface area contributed by atoms with Crippen LogP contribution in [-0.4, -0.2) is 153 Å². The fourth-order valence-corrected chi connectivity index (χ4v) is 18.3. The van der Waals surface area contributed by atoms with Gasteiger partial charge < -0.3 is 5.32 Å². The lowest BCUT2D eigenvalue weighted by Gasteiger charge is -2.34. The fourth-order valence-electron chi connectivity index (χ4n) is 15.8. The highest BCUT2D eigenvalue weighted by Gasteiger charge is 2.51. The summed E-state index contributed by atoms with van der Waals surface area (Å²) in [6.45, 7) is 3.42. The molecular weight excluding hydrogens is 1380 g/mol. The van der Waals surface area contributed by atoms with Gasteiger partial charge in [-0.1, -0.05) is 97.1 Å². The lowest BCUT2D eigenvalue weighted by Crippen LogP contribution is -2.51. The SMILES string of the molecule is CN1C(=O)c2c(nn(Cc3ccc(-c4cccc(F)n4)cc3)c2[S@@](C)=O)N2C1=N[C@@H]1CCC[C@@H]12.CSc1c2c(=O)nc3n(c2nn1Cc1ccc(-c2cccc(F)n2)cc1)[C@H]1CCC[C@H]1N3.Cc1cccc(-c2ccc(Cn3nc4c(c3Sc3ccccn3)C(=O)N(C)C3=N[C@@H]5CCC[C@@H]5N34)cc2)n1. The molecule has 0 spiro atoms. The van der Waals surface area contributed by atoms with Gasteiger partial charge in [-0.05, 0) is 148 Å². The van der Waals surface area contributed by atoms with Gasteiger partial charge in [0, 0.05) is 55.0 Å². The van der Waals surface area contributed by atoms with Crippen molar-refractivity contribution in [2.24, 2.45) is 9.98 Å². The molecule has 2 amide bonds. The van der Waals surface area contributed by atoms with Crippen molar-refractivity contribution in [3.8, 4) is 33.8 Å². The van der Waals surface area contributed by atoms with E-state index in [2.05, 4.69) is 68.9 Å². The number of aromatic nitrogens is 12. The van der Waals surface area contributed by atoms with E-state index in [0.29, 0.717) is 88.0 Å². The summed E-state index contributed by atoms with van der Waals surface area (Å²) in [5.74, 6) is 1.97. The van der Waals surface area contributed by atoms with Gasteiger partial charge in [-0.25, -0.2) is 29.6 Å². The lowest BCUT2D eigenvalue weighted by atomic mass is 10.1. The predicted molar refractivity (Wildman–Crippen MR) is 397 cm³/mol. The van der Waals surface area contributed by atoms with Crippen molar-refractivity contribution in [3.05, 3.63) is 208 Å². The smallest absolute Gasteiger partial charge is 0.286 e. The summed E-state index contributed by atoms with van der Waals surface area (Å²) in [6, 6.07) is 46.6. The van der Waals surface area contributed by atoms with Crippen molar-refractivity contribution in [2.75, 3.05) is 41.7 Å². The van der Waals surface area contributed by atoms with Gasteiger partial charge in [0.25, 0.3) is 17.4 Å². The molecule has 526 valence electrons. The van der Waals surface area contributed by atoms with Crippen LogP contribution in [0.2, 0.25) is 0 Å². The number of amides is 2. The van der Waals surface area contributed by atoms with Crippen LogP contribution < -0.4 is 20.7 Å². The Balaban J connectivity index is 0.000000116. The molecule has 3 fully saturated rings. The predicted octanol–water partition coefficient (Wildman–Crippen LogP) is 12.2. The number of aryl methyl sites for hydroxylation is 1. The molecule has 28 heteroatoms. The number of guanidine groups is 2. The molecule has 104 heavy (non-hydrogen) atoms. The summed E-state index contributed by atoms with van der Waals surface area (Å²) in [5.41, 5.74) is 10.4. The fraction of sp³-hybridized carbons (Fsp3) is 0.303. The molecule has 8 aliphatic rings. The van der Waals surface area contributed by atoms with Crippen LogP contribution in [0, 0.1) is 18.8 Å². The minimum Gasteiger partial charge on any atom is -0.351 e. The van der Waals surface area contributed by atoms with E-state index in [9.17, 15) is 27.4 Å². The van der Waals surface area contributed by atoms with E-state index in [4.69, 9.17) is 25.3 Å². The molecule has 8 aromatic heterocycles. The molecule has 0 saturated heterocycles. The van der Waals surface area contributed by atoms with E-state index < -0.39 is 22.7 Å². The summed E-state index contributed by atoms with van der Waals surface area (Å²) in [6.07, 6.45) is 15.0. The highest BCUT2D eigenvalue weighted by atomic mass is 32.2.